The molecule has 0 saturated heterocycles. The van der Waals surface area contributed by atoms with Crippen LogP contribution in [0.3, 0.4) is 0 Å². The summed E-state index contributed by atoms with van der Waals surface area (Å²) < 4.78 is 7.05. The van der Waals surface area contributed by atoms with Crippen LogP contribution in [0.1, 0.15) is 5.82 Å². The van der Waals surface area contributed by atoms with E-state index in [0.29, 0.717) is 22.5 Å². The number of hydrogen-bond acceptors (Lipinski definition) is 8. The number of rotatable bonds is 9. The van der Waals surface area contributed by atoms with Gasteiger partial charge in [0.1, 0.15) is 12.3 Å². The summed E-state index contributed by atoms with van der Waals surface area (Å²) in [7, 11) is 1.60. The Hall–Kier alpha value is -4.51. The molecule has 0 aliphatic carbocycles. The van der Waals surface area contributed by atoms with Crippen LogP contribution in [-0.2, 0) is 11.3 Å². The fourth-order valence-electron chi connectivity index (χ4n) is 3.47. The minimum absolute atomic E-state index is 0.153. The van der Waals surface area contributed by atoms with E-state index in [4.69, 9.17) is 4.74 Å². The molecule has 0 fully saturated rings. The average Bonchev–Trinajstić information content (AvgIpc) is 3.56. The molecule has 0 bridgehead atoms. The van der Waals surface area contributed by atoms with Crippen LogP contribution in [0, 0.1) is 0 Å². The van der Waals surface area contributed by atoms with E-state index in [-0.39, 0.29) is 18.2 Å². The van der Waals surface area contributed by atoms with E-state index in [1.54, 1.807) is 31.4 Å². The first kappa shape index (κ1) is 23.2. The fraction of sp³-hybridized carbons (Fsp3) is 0.120. The predicted molar refractivity (Wildman–Crippen MR) is 136 cm³/mol. The topological polar surface area (TPSA) is 113 Å². The van der Waals surface area contributed by atoms with Crippen LogP contribution < -0.4 is 10.1 Å². The zero-order valence-electron chi connectivity index (χ0n) is 19.4. The van der Waals surface area contributed by atoms with Crippen molar-refractivity contribution in [3.63, 3.8) is 0 Å². The van der Waals surface area contributed by atoms with Crippen LogP contribution in [0.25, 0.3) is 17.1 Å². The second-order valence-electron chi connectivity index (χ2n) is 7.64. The number of anilines is 1. The SMILES string of the molecule is COc1ccc(NC(=O)CSc2nnc(Cn3nnc(-c4ccccc4)n3)n2-c2ccccc2)cc1. The van der Waals surface area contributed by atoms with Gasteiger partial charge in [0.2, 0.25) is 11.7 Å². The molecule has 5 rings (SSSR count). The summed E-state index contributed by atoms with van der Waals surface area (Å²) in [4.78, 5) is 14.1. The second-order valence-corrected chi connectivity index (χ2v) is 8.59. The monoisotopic (exact) mass is 498 g/mol. The van der Waals surface area contributed by atoms with Crippen molar-refractivity contribution in [3.05, 3.63) is 90.8 Å². The van der Waals surface area contributed by atoms with Crippen molar-refractivity contribution in [3.8, 4) is 22.8 Å². The molecule has 0 radical (unpaired) electrons. The van der Waals surface area contributed by atoms with E-state index < -0.39 is 0 Å². The van der Waals surface area contributed by atoms with Gasteiger partial charge in [0, 0.05) is 16.9 Å². The lowest BCUT2D eigenvalue weighted by Gasteiger charge is -2.10. The van der Waals surface area contributed by atoms with Gasteiger partial charge in [0.25, 0.3) is 0 Å². The molecule has 11 heteroatoms. The molecule has 1 N–H and O–H groups in total. The number of amides is 1. The molecule has 0 atom stereocenters. The maximum absolute atomic E-state index is 12.6. The van der Waals surface area contributed by atoms with Crippen molar-refractivity contribution < 1.29 is 9.53 Å². The van der Waals surface area contributed by atoms with Gasteiger partial charge in [0.05, 0.1) is 12.9 Å². The highest BCUT2D eigenvalue weighted by molar-refractivity contribution is 7.99. The molecule has 0 unspecified atom stereocenters. The number of nitrogens with zero attached hydrogens (tertiary/aromatic N) is 7. The van der Waals surface area contributed by atoms with Crippen LogP contribution in [0.2, 0.25) is 0 Å². The van der Waals surface area contributed by atoms with Crippen molar-refractivity contribution in [1.29, 1.82) is 0 Å². The summed E-state index contributed by atoms with van der Waals surface area (Å²) in [6, 6.07) is 26.5. The van der Waals surface area contributed by atoms with Gasteiger partial charge in [-0.1, -0.05) is 60.3 Å². The molecule has 5 aromatic rings. The average molecular weight is 499 g/mol. The van der Waals surface area contributed by atoms with Crippen molar-refractivity contribution in [1.82, 2.24) is 35.0 Å². The van der Waals surface area contributed by atoms with Gasteiger partial charge in [-0.2, -0.15) is 4.80 Å². The largest absolute Gasteiger partial charge is 0.497 e. The van der Waals surface area contributed by atoms with Gasteiger partial charge < -0.3 is 10.1 Å². The second kappa shape index (κ2) is 10.8. The number of ether oxygens (including phenoxy) is 1. The van der Waals surface area contributed by atoms with Gasteiger partial charge in [-0.05, 0) is 41.6 Å². The van der Waals surface area contributed by atoms with Gasteiger partial charge in [-0.15, -0.1) is 20.4 Å². The highest BCUT2D eigenvalue weighted by atomic mass is 32.2. The Bertz CT molecular complexity index is 1440. The third-order valence-corrected chi connectivity index (χ3v) is 6.12. The molecule has 3 aromatic carbocycles. The highest BCUT2D eigenvalue weighted by Crippen LogP contribution is 2.23. The molecule has 2 aromatic heterocycles. The first-order chi connectivity index (χ1) is 17.7. The van der Waals surface area contributed by atoms with Crippen molar-refractivity contribution >= 4 is 23.4 Å². The maximum Gasteiger partial charge on any atom is 0.234 e. The number of aromatic nitrogens is 7. The molecule has 0 spiro atoms. The number of hydrogen-bond donors (Lipinski definition) is 1. The predicted octanol–water partition coefficient (Wildman–Crippen LogP) is 3.71. The highest BCUT2D eigenvalue weighted by Gasteiger charge is 2.18. The number of methoxy groups -OCH3 is 1. The Morgan fingerprint density at radius 1 is 0.917 bits per heavy atom. The van der Waals surface area contributed by atoms with Crippen LogP contribution in [0.5, 0.6) is 5.75 Å². The van der Waals surface area contributed by atoms with E-state index in [0.717, 1.165) is 17.0 Å². The van der Waals surface area contributed by atoms with Crippen molar-refractivity contribution in [2.24, 2.45) is 0 Å². The Kier molecular flexibility index (Phi) is 6.99. The number of carbonyl (C=O) groups is 1. The molecule has 0 aliphatic heterocycles. The summed E-state index contributed by atoms with van der Waals surface area (Å²) in [5.74, 6) is 1.89. The molecule has 36 heavy (non-hydrogen) atoms. The quantitative estimate of drug-likeness (QED) is 0.306. The molecular weight excluding hydrogens is 476 g/mol. The third kappa shape index (κ3) is 5.41. The fourth-order valence-corrected chi connectivity index (χ4v) is 4.24. The summed E-state index contributed by atoms with van der Waals surface area (Å²) in [6.07, 6.45) is 0. The van der Waals surface area contributed by atoms with Gasteiger partial charge in [-0.25, -0.2) is 0 Å². The van der Waals surface area contributed by atoms with Gasteiger partial charge in [0.15, 0.2) is 11.0 Å². The Labute approximate surface area is 211 Å². The zero-order valence-corrected chi connectivity index (χ0v) is 20.2. The number of carbonyl (C=O) groups excluding carboxylic acids is 1. The van der Waals surface area contributed by atoms with Gasteiger partial charge >= 0.3 is 0 Å². The molecule has 1 amide bonds. The van der Waals surface area contributed by atoms with E-state index >= 15 is 0 Å². The minimum atomic E-state index is -0.153. The maximum atomic E-state index is 12.6. The van der Waals surface area contributed by atoms with Crippen LogP contribution in [0.15, 0.2) is 90.1 Å². The summed E-state index contributed by atoms with van der Waals surface area (Å²) >= 11 is 1.30. The summed E-state index contributed by atoms with van der Waals surface area (Å²) in [5.41, 5.74) is 2.45. The Balaban J connectivity index is 1.33. The lowest BCUT2D eigenvalue weighted by atomic mass is 10.2. The Morgan fingerprint density at radius 3 is 2.36 bits per heavy atom. The molecule has 2 heterocycles. The molecule has 180 valence electrons. The van der Waals surface area contributed by atoms with E-state index in [9.17, 15) is 4.79 Å². The first-order valence-electron chi connectivity index (χ1n) is 11.1. The van der Waals surface area contributed by atoms with E-state index in [1.165, 1.54) is 16.6 Å². The minimum Gasteiger partial charge on any atom is -0.497 e. The Morgan fingerprint density at radius 2 is 1.64 bits per heavy atom. The molecule has 0 saturated carbocycles. The van der Waals surface area contributed by atoms with E-state index in [2.05, 4.69) is 30.9 Å². The van der Waals surface area contributed by atoms with Crippen LogP contribution in [-0.4, -0.2) is 53.7 Å². The van der Waals surface area contributed by atoms with Crippen LogP contribution in [0.4, 0.5) is 5.69 Å². The smallest absolute Gasteiger partial charge is 0.234 e. The number of tetrazole rings is 1. The third-order valence-electron chi connectivity index (χ3n) is 5.19. The molecule has 10 nitrogen and oxygen atoms in total. The van der Waals surface area contributed by atoms with Crippen molar-refractivity contribution in [2.75, 3.05) is 18.2 Å². The number of benzene rings is 3. The zero-order chi connectivity index (χ0) is 24.7. The summed E-state index contributed by atoms with van der Waals surface area (Å²) in [5, 5.41) is 25.0. The lowest BCUT2D eigenvalue weighted by molar-refractivity contribution is -0.113. The number of nitrogens with one attached hydrogen (secondary N) is 1. The first-order valence-corrected chi connectivity index (χ1v) is 12.1. The summed E-state index contributed by atoms with van der Waals surface area (Å²) in [6.45, 7) is 0.264. The standard InChI is InChI=1S/C25H22N8O2S/c1-35-21-14-12-19(13-15-21)26-23(34)17-36-25-29-27-22(33(25)20-10-6-3-7-11-20)16-32-30-24(28-31-32)18-8-4-2-5-9-18/h2-15H,16-17H2,1H3,(H,26,34). The normalized spacial score (nSPS) is 10.8. The number of para-hydroxylation sites is 1. The molecule has 0 aliphatic rings. The number of thioether (sulfide) groups is 1. The molecular formula is C25H22N8O2S. The lowest BCUT2D eigenvalue weighted by Crippen LogP contribution is -2.15. The van der Waals surface area contributed by atoms with E-state index in [1.807, 2.05) is 65.2 Å². The van der Waals surface area contributed by atoms with Crippen LogP contribution >= 0.6 is 11.8 Å². The van der Waals surface area contributed by atoms with Gasteiger partial charge in [-0.3, -0.25) is 9.36 Å². The van der Waals surface area contributed by atoms with Crippen molar-refractivity contribution in [2.45, 2.75) is 11.7 Å².